The summed E-state index contributed by atoms with van der Waals surface area (Å²) in [6.07, 6.45) is 6.50. The maximum atomic E-state index is 5.43. The van der Waals surface area contributed by atoms with Gasteiger partial charge in [-0.2, -0.15) is 0 Å². The van der Waals surface area contributed by atoms with Crippen LogP contribution in [-0.4, -0.2) is 6.54 Å². The Morgan fingerprint density at radius 3 is 2.40 bits per heavy atom. The molecule has 0 fully saturated rings. The normalized spacial score (nSPS) is 11.5. The summed E-state index contributed by atoms with van der Waals surface area (Å²) >= 11 is 0. The highest BCUT2D eigenvalue weighted by Crippen LogP contribution is 2.15. The Bertz CT molecular complexity index is 296. The van der Waals surface area contributed by atoms with Gasteiger partial charge in [-0.3, -0.25) is 0 Å². The van der Waals surface area contributed by atoms with Crippen molar-refractivity contribution in [3.05, 3.63) is 41.5 Å². The van der Waals surface area contributed by atoms with Crippen LogP contribution in [0.5, 0.6) is 0 Å². The smallest absolute Gasteiger partial charge is 0.00743 e. The lowest BCUT2D eigenvalue weighted by atomic mass is 10.0. The third-order valence-electron chi connectivity index (χ3n) is 2.49. The number of unbranched alkanes of at least 4 members (excludes halogenated alkanes) is 1. The fourth-order valence-corrected chi connectivity index (χ4v) is 1.45. The Morgan fingerprint density at radius 1 is 1.20 bits per heavy atom. The van der Waals surface area contributed by atoms with E-state index < -0.39 is 0 Å². The van der Waals surface area contributed by atoms with E-state index >= 15 is 0 Å². The number of rotatable bonds is 5. The highest BCUT2D eigenvalue weighted by molar-refractivity contribution is 5.49. The number of hydrogen-bond acceptors (Lipinski definition) is 1. The SMILES string of the molecule is CC(C)c1ccc(/C=C/CCCN)cc1. The first-order chi connectivity index (χ1) is 7.24. The Kier molecular flexibility index (Phi) is 5.13. The summed E-state index contributed by atoms with van der Waals surface area (Å²) in [6.45, 7) is 5.20. The van der Waals surface area contributed by atoms with E-state index in [0.717, 1.165) is 19.4 Å². The van der Waals surface area contributed by atoms with Gasteiger partial charge in [-0.1, -0.05) is 50.3 Å². The lowest BCUT2D eigenvalue weighted by Gasteiger charge is -2.04. The van der Waals surface area contributed by atoms with Gasteiger partial charge in [0, 0.05) is 0 Å². The molecule has 0 spiro atoms. The minimum Gasteiger partial charge on any atom is -0.330 e. The Labute approximate surface area is 93.0 Å². The van der Waals surface area contributed by atoms with Crippen LogP contribution < -0.4 is 5.73 Å². The fourth-order valence-electron chi connectivity index (χ4n) is 1.45. The van der Waals surface area contributed by atoms with Crippen LogP contribution in [0.3, 0.4) is 0 Å². The van der Waals surface area contributed by atoms with Gasteiger partial charge in [-0.15, -0.1) is 0 Å². The third kappa shape index (κ3) is 4.30. The van der Waals surface area contributed by atoms with Crippen molar-refractivity contribution in [1.82, 2.24) is 0 Å². The molecule has 0 atom stereocenters. The molecular formula is C14H21N. The first-order valence-corrected chi connectivity index (χ1v) is 5.70. The van der Waals surface area contributed by atoms with E-state index in [4.69, 9.17) is 5.73 Å². The Balaban J connectivity index is 2.53. The highest BCUT2D eigenvalue weighted by Gasteiger charge is 1.96. The van der Waals surface area contributed by atoms with Crippen molar-refractivity contribution in [2.75, 3.05) is 6.54 Å². The molecule has 0 aliphatic rings. The maximum absolute atomic E-state index is 5.43. The zero-order chi connectivity index (χ0) is 11.1. The van der Waals surface area contributed by atoms with E-state index in [9.17, 15) is 0 Å². The zero-order valence-corrected chi connectivity index (χ0v) is 9.74. The molecule has 0 bridgehead atoms. The maximum Gasteiger partial charge on any atom is -0.00743 e. The van der Waals surface area contributed by atoms with Gasteiger partial charge in [0.05, 0.1) is 0 Å². The summed E-state index contributed by atoms with van der Waals surface area (Å²) < 4.78 is 0. The van der Waals surface area contributed by atoms with E-state index in [2.05, 4.69) is 50.3 Å². The second kappa shape index (κ2) is 6.41. The Hall–Kier alpha value is -1.08. The van der Waals surface area contributed by atoms with Gasteiger partial charge in [0.2, 0.25) is 0 Å². The van der Waals surface area contributed by atoms with Gasteiger partial charge in [-0.25, -0.2) is 0 Å². The van der Waals surface area contributed by atoms with Gasteiger partial charge < -0.3 is 5.73 Å². The van der Waals surface area contributed by atoms with Gasteiger partial charge in [0.1, 0.15) is 0 Å². The first-order valence-electron chi connectivity index (χ1n) is 5.70. The zero-order valence-electron chi connectivity index (χ0n) is 9.74. The summed E-state index contributed by atoms with van der Waals surface area (Å²) in [5.41, 5.74) is 8.10. The molecule has 0 saturated heterocycles. The summed E-state index contributed by atoms with van der Waals surface area (Å²) in [4.78, 5) is 0. The van der Waals surface area contributed by atoms with Crippen LogP contribution in [0.2, 0.25) is 0 Å². The number of nitrogens with two attached hydrogens (primary N) is 1. The van der Waals surface area contributed by atoms with E-state index in [1.165, 1.54) is 11.1 Å². The number of benzene rings is 1. The van der Waals surface area contributed by atoms with Crippen molar-refractivity contribution in [1.29, 1.82) is 0 Å². The molecule has 2 N–H and O–H groups in total. The molecule has 0 aliphatic carbocycles. The molecule has 1 rings (SSSR count). The van der Waals surface area contributed by atoms with E-state index in [0.29, 0.717) is 5.92 Å². The van der Waals surface area contributed by atoms with E-state index in [1.807, 2.05) is 0 Å². The van der Waals surface area contributed by atoms with Gasteiger partial charge in [0.25, 0.3) is 0 Å². The standard InChI is InChI=1S/C14H21N/c1-12(2)14-9-7-13(8-10-14)6-4-3-5-11-15/h4,6-10,12H,3,5,11,15H2,1-2H3/b6-4+. The Morgan fingerprint density at radius 2 is 1.87 bits per heavy atom. The molecular weight excluding hydrogens is 182 g/mol. The quantitative estimate of drug-likeness (QED) is 0.727. The van der Waals surface area contributed by atoms with Crippen molar-refractivity contribution in [2.45, 2.75) is 32.6 Å². The van der Waals surface area contributed by atoms with Crippen LogP contribution >= 0.6 is 0 Å². The average Bonchev–Trinajstić information content (AvgIpc) is 2.25. The molecule has 0 amide bonds. The van der Waals surface area contributed by atoms with Crippen molar-refractivity contribution >= 4 is 6.08 Å². The molecule has 1 aromatic carbocycles. The predicted octanol–water partition coefficient (Wildman–Crippen LogP) is 3.56. The highest BCUT2D eigenvalue weighted by atomic mass is 14.5. The molecule has 1 nitrogen and oxygen atoms in total. The largest absolute Gasteiger partial charge is 0.330 e. The van der Waals surface area contributed by atoms with Crippen LogP contribution in [0.1, 0.15) is 43.7 Å². The molecule has 1 aromatic rings. The average molecular weight is 203 g/mol. The number of allylic oxidation sites excluding steroid dienone is 1. The summed E-state index contributed by atoms with van der Waals surface area (Å²) in [6, 6.07) is 8.75. The molecule has 0 unspecified atom stereocenters. The van der Waals surface area contributed by atoms with Crippen LogP contribution in [0, 0.1) is 0 Å². The van der Waals surface area contributed by atoms with Crippen molar-refractivity contribution in [3.8, 4) is 0 Å². The molecule has 0 aliphatic heterocycles. The fraction of sp³-hybridized carbons (Fsp3) is 0.429. The van der Waals surface area contributed by atoms with Crippen LogP contribution in [0.15, 0.2) is 30.3 Å². The second-order valence-electron chi connectivity index (χ2n) is 4.15. The molecule has 0 aromatic heterocycles. The summed E-state index contributed by atoms with van der Waals surface area (Å²) in [7, 11) is 0. The van der Waals surface area contributed by atoms with Crippen molar-refractivity contribution < 1.29 is 0 Å². The first kappa shape index (κ1) is 12.0. The van der Waals surface area contributed by atoms with E-state index in [-0.39, 0.29) is 0 Å². The monoisotopic (exact) mass is 203 g/mol. The molecule has 82 valence electrons. The second-order valence-corrected chi connectivity index (χ2v) is 4.15. The lowest BCUT2D eigenvalue weighted by Crippen LogP contribution is -1.96. The topological polar surface area (TPSA) is 26.0 Å². The lowest BCUT2D eigenvalue weighted by molar-refractivity contribution is 0.857. The number of hydrogen-bond donors (Lipinski definition) is 1. The van der Waals surface area contributed by atoms with Gasteiger partial charge in [-0.05, 0) is 36.4 Å². The summed E-state index contributed by atoms with van der Waals surface area (Å²) in [5.74, 6) is 0.611. The minimum atomic E-state index is 0.611. The van der Waals surface area contributed by atoms with Gasteiger partial charge in [0.15, 0.2) is 0 Å². The van der Waals surface area contributed by atoms with Crippen molar-refractivity contribution in [3.63, 3.8) is 0 Å². The summed E-state index contributed by atoms with van der Waals surface area (Å²) in [5, 5.41) is 0. The van der Waals surface area contributed by atoms with Crippen LogP contribution in [0.4, 0.5) is 0 Å². The van der Waals surface area contributed by atoms with Gasteiger partial charge >= 0.3 is 0 Å². The van der Waals surface area contributed by atoms with E-state index in [1.54, 1.807) is 0 Å². The van der Waals surface area contributed by atoms with Crippen molar-refractivity contribution in [2.24, 2.45) is 5.73 Å². The molecule has 15 heavy (non-hydrogen) atoms. The third-order valence-corrected chi connectivity index (χ3v) is 2.49. The molecule has 1 heteroatoms. The predicted molar refractivity (Wildman–Crippen MR) is 67.9 cm³/mol. The minimum absolute atomic E-state index is 0.611. The van der Waals surface area contributed by atoms with Crippen LogP contribution in [-0.2, 0) is 0 Å². The molecule has 0 heterocycles. The molecule has 0 radical (unpaired) electrons. The molecule has 0 saturated carbocycles. The van der Waals surface area contributed by atoms with Crippen LogP contribution in [0.25, 0.3) is 6.08 Å².